The summed E-state index contributed by atoms with van der Waals surface area (Å²) in [6.45, 7) is 3.24. The third-order valence-corrected chi connectivity index (χ3v) is 6.04. The van der Waals surface area contributed by atoms with Gasteiger partial charge in [0.05, 0.1) is 12.2 Å². The van der Waals surface area contributed by atoms with Crippen molar-refractivity contribution in [1.29, 1.82) is 5.41 Å². The topological polar surface area (TPSA) is 101 Å². The van der Waals surface area contributed by atoms with Gasteiger partial charge in [0.15, 0.2) is 5.96 Å². The van der Waals surface area contributed by atoms with Crippen LogP contribution in [0.5, 0.6) is 5.75 Å². The molecule has 1 aliphatic rings. The van der Waals surface area contributed by atoms with Gasteiger partial charge in [-0.1, -0.05) is 36.3 Å². The molecule has 0 spiro atoms. The van der Waals surface area contributed by atoms with Crippen molar-refractivity contribution < 1.29 is 22.4 Å². The van der Waals surface area contributed by atoms with Gasteiger partial charge in [-0.2, -0.15) is 18.2 Å². The number of ether oxygens (including phenoxy) is 1. The molecule has 0 bridgehead atoms. The Morgan fingerprint density at radius 3 is 2.66 bits per heavy atom. The molecule has 4 rings (SSSR count). The molecule has 1 aromatic heterocycles. The first-order valence-electron chi connectivity index (χ1n) is 11.6. The summed E-state index contributed by atoms with van der Waals surface area (Å²) in [6.07, 6.45) is -1.43. The minimum atomic E-state index is -4.52. The molecule has 0 amide bonds. The van der Waals surface area contributed by atoms with Crippen molar-refractivity contribution >= 4 is 5.96 Å². The lowest BCUT2D eigenvalue weighted by Gasteiger charge is -2.21. The van der Waals surface area contributed by atoms with E-state index in [9.17, 15) is 13.2 Å². The van der Waals surface area contributed by atoms with Crippen molar-refractivity contribution in [2.75, 3.05) is 13.2 Å². The fourth-order valence-corrected chi connectivity index (χ4v) is 4.25. The van der Waals surface area contributed by atoms with Gasteiger partial charge >= 0.3 is 6.18 Å². The number of hydrogen-bond donors (Lipinski definition) is 2. The average Bonchev–Trinajstić information content (AvgIpc) is 3.51. The smallest absolute Gasteiger partial charge is 0.416 e. The van der Waals surface area contributed by atoms with Crippen LogP contribution in [0.1, 0.15) is 54.8 Å². The second-order valence-electron chi connectivity index (χ2n) is 8.55. The van der Waals surface area contributed by atoms with Gasteiger partial charge in [-0.3, -0.25) is 5.41 Å². The lowest BCUT2D eigenvalue weighted by Crippen LogP contribution is -2.35. The summed E-state index contributed by atoms with van der Waals surface area (Å²) in [4.78, 5) is 5.96. The summed E-state index contributed by atoms with van der Waals surface area (Å²) in [6, 6.07) is 11.2. The molecule has 2 heterocycles. The summed E-state index contributed by atoms with van der Waals surface area (Å²) in [5, 5.41) is 11.6. The van der Waals surface area contributed by atoms with Crippen LogP contribution in [-0.4, -0.2) is 34.2 Å². The summed E-state index contributed by atoms with van der Waals surface area (Å²) in [7, 11) is 0. The maximum atomic E-state index is 13.9. The second kappa shape index (κ2) is 10.4. The zero-order valence-electron chi connectivity index (χ0n) is 19.4. The average molecular weight is 488 g/mol. The van der Waals surface area contributed by atoms with E-state index in [-0.39, 0.29) is 41.3 Å². The highest BCUT2D eigenvalue weighted by molar-refractivity contribution is 5.75. The number of alkyl halides is 3. The molecule has 1 aliphatic heterocycles. The zero-order chi connectivity index (χ0) is 25.0. The van der Waals surface area contributed by atoms with Crippen LogP contribution >= 0.6 is 0 Å². The molecule has 10 heteroatoms. The first-order valence-corrected chi connectivity index (χ1v) is 11.6. The summed E-state index contributed by atoms with van der Waals surface area (Å²) < 4.78 is 52.6. The van der Waals surface area contributed by atoms with E-state index in [0.29, 0.717) is 26.0 Å². The number of nitrogens with two attached hydrogens (primary N) is 1. The number of rotatable bonds is 8. The molecule has 2 aromatic carbocycles. The van der Waals surface area contributed by atoms with Crippen LogP contribution in [0.4, 0.5) is 13.2 Å². The Labute approximate surface area is 201 Å². The Bertz CT molecular complexity index is 1160. The van der Waals surface area contributed by atoms with E-state index < -0.39 is 11.7 Å². The van der Waals surface area contributed by atoms with Crippen molar-refractivity contribution in [3.63, 3.8) is 0 Å². The van der Waals surface area contributed by atoms with Crippen molar-refractivity contribution in [1.82, 2.24) is 15.0 Å². The Morgan fingerprint density at radius 1 is 1.20 bits per heavy atom. The molecule has 0 radical (unpaired) electrons. The third kappa shape index (κ3) is 5.75. The van der Waals surface area contributed by atoms with Crippen molar-refractivity contribution in [2.45, 2.75) is 51.2 Å². The summed E-state index contributed by atoms with van der Waals surface area (Å²) in [5.74, 6) is 0.977. The molecule has 0 saturated carbocycles. The van der Waals surface area contributed by atoms with E-state index >= 15 is 0 Å². The molecular formula is C25H28F3N5O2. The summed E-state index contributed by atoms with van der Waals surface area (Å²) in [5.41, 5.74) is 6.26. The van der Waals surface area contributed by atoms with Crippen molar-refractivity contribution in [3.8, 4) is 17.1 Å². The van der Waals surface area contributed by atoms with Crippen LogP contribution < -0.4 is 10.5 Å². The number of nitrogens with one attached hydrogen (secondary N) is 1. The normalized spacial score (nSPS) is 16.0. The van der Waals surface area contributed by atoms with Crippen molar-refractivity contribution in [2.24, 2.45) is 5.73 Å². The van der Waals surface area contributed by atoms with Crippen LogP contribution in [0.3, 0.4) is 0 Å². The molecular weight excluding hydrogens is 459 g/mol. The van der Waals surface area contributed by atoms with Gasteiger partial charge in [0.25, 0.3) is 0 Å². The van der Waals surface area contributed by atoms with Gasteiger partial charge in [-0.05, 0) is 61.4 Å². The summed E-state index contributed by atoms with van der Waals surface area (Å²) >= 11 is 0. The van der Waals surface area contributed by atoms with Crippen molar-refractivity contribution in [3.05, 3.63) is 65.0 Å². The maximum Gasteiger partial charge on any atom is 0.416 e. The highest BCUT2D eigenvalue weighted by atomic mass is 19.4. The quantitative estimate of drug-likeness (QED) is 0.328. The largest absolute Gasteiger partial charge is 0.494 e. The number of halogens is 3. The van der Waals surface area contributed by atoms with E-state index in [1.54, 1.807) is 11.0 Å². The van der Waals surface area contributed by atoms with Gasteiger partial charge in [-0.15, -0.1) is 0 Å². The standard InChI is InChI=1S/C25H28F3N5O2/c1-2-14-34-19-11-6-16(7-12-19)5-8-17-9-10-18(15-20(17)25(26,27)28)22-31-23(35-32-22)21-4-3-13-33(21)24(29)30/h6-7,9-12,15,21H,2-5,8,13-14H2,1H3,(H3,29,30)/t21-/m0/s1. The fraction of sp³-hybridized carbons (Fsp3) is 0.400. The SMILES string of the molecule is CCCOc1ccc(CCc2ccc(-c3noc([C@@H]4CCCN4C(=N)N)n3)cc2C(F)(F)F)cc1. The van der Waals surface area contributed by atoms with E-state index in [4.69, 9.17) is 20.4 Å². The van der Waals surface area contributed by atoms with Gasteiger partial charge in [0.1, 0.15) is 11.8 Å². The molecule has 0 unspecified atom stereocenters. The van der Waals surface area contributed by atoms with Gasteiger partial charge in [0.2, 0.25) is 11.7 Å². The first kappa shape index (κ1) is 24.6. The van der Waals surface area contributed by atoms with Crippen LogP contribution in [0.2, 0.25) is 0 Å². The Morgan fingerprint density at radius 2 is 1.97 bits per heavy atom. The molecule has 3 N–H and O–H groups in total. The van der Waals surface area contributed by atoms with Crippen LogP contribution in [0.25, 0.3) is 11.4 Å². The Balaban J connectivity index is 1.52. The van der Waals surface area contributed by atoms with Gasteiger partial charge in [0, 0.05) is 12.1 Å². The number of guanidine groups is 1. The van der Waals surface area contributed by atoms with Crippen LogP contribution in [0.15, 0.2) is 47.0 Å². The first-order chi connectivity index (χ1) is 16.8. The third-order valence-electron chi connectivity index (χ3n) is 6.04. The lowest BCUT2D eigenvalue weighted by atomic mass is 9.97. The molecule has 1 fully saturated rings. The number of likely N-dealkylation sites (tertiary alicyclic amines) is 1. The Kier molecular flexibility index (Phi) is 7.28. The predicted molar refractivity (Wildman–Crippen MR) is 125 cm³/mol. The lowest BCUT2D eigenvalue weighted by molar-refractivity contribution is -0.138. The molecule has 1 atom stereocenters. The van der Waals surface area contributed by atoms with E-state index in [0.717, 1.165) is 30.2 Å². The highest BCUT2D eigenvalue weighted by Crippen LogP contribution is 2.36. The van der Waals surface area contributed by atoms with E-state index in [1.807, 2.05) is 31.2 Å². The van der Waals surface area contributed by atoms with E-state index in [2.05, 4.69) is 10.1 Å². The van der Waals surface area contributed by atoms with Crippen LogP contribution in [0, 0.1) is 5.41 Å². The molecule has 1 saturated heterocycles. The number of hydrogen-bond acceptors (Lipinski definition) is 5. The minimum Gasteiger partial charge on any atom is -0.494 e. The number of aryl methyl sites for hydroxylation is 2. The van der Waals surface area contributed by atoms with Crippen LogP contribution in [-0.2, 0) is 19.0 Å². The number of aromatic nitrogens is 2. The maximum absolute atomic E-state index is 13.9. The molecule has 186 valence electrons. The monoisotopic (exact) mass is 487 g/mol. The highest BCUT2D eigenvalue weighted by Gasteiger charge is 2.35. The van der Waals surface area contributed by atoms with Gasteiger partial charge < -0.3 is 19.9 Å². The predicted octanol–water partition coefficient (Wildman–Crippen LogP) is 5.36. The Hall–Kier alpha value is -3.56. The molecule has 35 heavy (non-hydrogen) atoms. The second-order valence-corrected chi connectivity index (χ2v) is 8.55. The fourth-order valence-electron chi connectivity index (χ4n) is 4.25. The number of benzene rings is 2. The van der Waals surface area contributed by atoms with E-state index in [1.165, 1.54) is 6.07 Å². The molecule has 3 aromatic rings. The zero-order valence-corrected chi connectivity index (χ0v) is 19.4. The molecule has 7 nitrogen and oxygen atoms in total. The number of nitrogens with zero attached hydrogens (tertiary/aromatic N) is 3. The van der Waals surface area contributed by atoms with Gasteiger partial charge in [-0.25, -0.2) is 0 Å². The minimum absolute atomic E-state index is 0.0788. The molecule has 0 aliphatic carbocycles.